The molecule has 180 valence electrons. The molecule has 0 aliphatic heterocycles. The Bertz CT molecular complexity index is 1430. The molecule has 35 heavy (non-hydrogen) atoms. The molecular weight excluding hydrogens is 467 g/mol. The summed E-state index contributed by atoms with van der Waals surface area (Å²) in [5.41, 5.74) is 9.57. The summed E-state index contributed by atoms with van der Waals surface area (Å²) < 4.78 is 17.3. The van der Waals surface area contributed by atoms with Gasteiger partial charge < -0.3 is 4.57 Å². The molecule has 2 aromatic carbocycles. The normalized spacial score (nSPS) is 10.9. The number of hydrogen-bond acceptors (Lipinski definition) is 4. The van der Waals surface area contributed by atoms with Gasteiger partial charge in [0.15, 0.2) is 10.6 Å². The van der Waals surface area contributed by atoms with Gasteiger partial charge in [0.05, 0.1) is 5.56 Å². The number of aromatic nitrogens is 4. The van der Waals surface area contributed by atoms with E-state index in [1.165, 1.54) is 12.1 Å². The maximum absolute atomic E-state index is 13.3. The van der Waals surface area contributed by atoms with Gasteiger partial charge in [0, 0.05) is 35.6 Å². The second-order valence-electron chi connectivity index (χ2n) is 8.22. The van der Waals surface area contributed by atoms with Crippen LogP contribution in [0, 0.1) is 31.4 Å². The largest absolute Gasteiger partial charge is 0.318 e. The molecule has 0 saturated heterocycles. The van der Waals surface area contributed by atoms with Crippen molar-refractivity contribution in [2.24, 2.45) is 0 Å². The van der Waals surface area contributed by atoms with E-state index < -0.39 is 5.91 Å². The minimum Gasteiger partial charge on any atom is -0.318 e. The number of rotatable bonds is 6. The zero-order valence-electron chi connectivity index (χ0n) is 19.6. The molecule has 2 amide bonds. The molecule has 0 radical (unpaired) electrons. The van der Waals surface area contributed by atoms with Crippen LogP contribution in [0.15, 0.2) is 54.6 Å². The number of H-pyrrole nitrogens is 1. The van der Waals surface area contributed by atoms with E-state index >= 15 is 0 Å². The number of amides is 2. The Labute approximate surface area is 206 Å². The highest BCUT2D eigenvalue weighted by Gasteiger charge is 2.18. The Morgan fingerprint density at radius 1 is 1.03 bits per heavy atom. The monoisotopic (exact) mass is 492 g/mol. The van der Waals surface area contributed by atoms with Crippen LogP contribution in [0.25, 0.3) is 17.1 Å². The third kappa shape index (κ3) is 5.22. The van der Waals surface area contributed by atoms with Gasteiger partial charge in [0.1, 0.15) is 5.82 Å². The van der Waals surface area contributed by atoms with E-state index in [0.717, 1.165) is 22.5 Å². The van der Waals surface area contributed by atoms with Gasteiger partial charge in [-0.1, -0.05) is 29.8 Å². The van der Waals surface area contributed by atoms with E-state index in [2.05, 4.69) is 21.0 Å². The second kappa shape index (κ2) is 10.1. The van der Waals surface area contributed by atoms with Crippen LogP contribution in [0.5, 0.6) is 0 Å². The quantitative estimate of drug-likeness (QED) is 0.276. The number of hydrogen-bond donors (Lipinski definition) is 3. The van der Waals surface area contributed by atoms with Gasteiger partial charge in [-0.05, 0) is 63.3 Å². The smallest absolute Gasteiger partial charge is 0.271 e. The third-order valence-electron chi connectivity index (χ3n) is 5.71. The van der Waals surface area contributed by atoms with Gasteiger partial charge in [0.2, 0.25) is 5.91 Å². The van der Waals surface area contributed by atoms with E-state index in [0.29, 0.717) is 28.4 Å². The van der Waals surface area contributed by atoms with Crippen LogP contribution in [-0.4, -0.2) is 31.1 Å². The first-order chi connectivity index (χ1) is 16.7. The summed E-state index contributed by atoms with van der Waals surface area (Å²) in [5.74, 6) is -0.511. The lowest BCUT2D eigenvalue weighted by atomic mass is 10.1. The number of nitrogens with zero attached hydrogens (tertiary/aromatic N) is 3. The molecule has 4 rings (SSSR count). The van der Waals surface area contributed by atoms with E-state index in [1.807, 2.05) is 42.7 Å². The Hall–Kier alpha value is -4.05. The first-order valence-electron chi connectivity index (χ1n) is 11.0. The zero-order chi connectivity index (χ0) is 25.1. The lowest BCUT2D eigenvalue weighted by Gasteiger charge is -2.11. The lowest BCUT2D eigenvalue weighted by Crippen LogP contribution is -2.42. The molecule has 3 N–H and O–H groups in total. The number of aryl methyl sites for hydroxylation is 2. The van der Waals surface area contributed by atoms with Gasteiger partial charge in [0.25, 0.3) is 5.91 Å². The predicted molar refractivity (Wildman–Crippen MR) is 133 cm³/mol. The standard InChI is InChI=1S/C25H25FN6O2S/c1-15-4-6-18(7-5-15)23-28-30-25(35)31(23)13-12-22(33)27-29-24(34)21-14-16(2)32(17(21)3)20-10-8-19(26)9-11-20/h4-11,14H,12-13H2,1-3H3,(H,27,33)(H,29,34)(H,30,35). The number of nitrogens with one attached hydrogen (secondary N) is 3. The van der Waals surface area contributed by atoms with Gasteiger partial charge in [-0.15, -0.1) is 0 Å². The Morgan fingerprint density at radius 3 is 2.40 bits per heavy atom. The second-order valence-corrected chi connectivity index (χ2v) is 8.61. The topological polar surface area (TPSA) is 96.7 Å². The Kier molecular flexibility index (Phi) is 6.92. The summed E-state index contributed by atoms with van der Waals surface area (Å²) in [4.78, 5) is 25.2. The van der Waals surface area contributed by atoms with Crippen LogP contribution in [0.1, 0.15) is 33.7 Å². The maximum atomic E-state index is 13.3. The van der Waals surface area contributed by atoms with Crippen molar-refractivity contribution in [2.45, 2.75) is 33.7 Å². The number of aromatic amines is 1. The van der Waals surface area contributed by atoms with E-state index in [4.69, 9.17) is 12.2 Å². The molecule has 2 aromatic heterocycles. The molecule has 0 saturated carbocycles. The molecule has 0 atom stereocenters. The molecule has 0 fully saturated rings. The van der Waals surface area contributed by atoms with Crippen molar-refractivity contribution in [1.29, 1.82) is 0 Å². The van der Waals surface area contributed by atoms with E-state index in [9.17, 15) is 14.0 Å². The fraction of sp³-hybridized carbons (Fsp3) is 0.200. The Balaban J connectivity index is 1.39. The van der Waals surface area contributed by atoms with Gasteiger partial charge >= 0.3 is 0 Å². The predicted octanol–water partition coefficient (Wildman–Crippen LogP) is 4.31. The maximum Gasteiger partial charge on any atom is 0.271 e. The number of halogens is 1. The van der Waals surface area contributed by atoms with Crippen molar-refractivity contribution in [3.8, 4) is 17.1 Å². The lowest BCUT2D eigenvalue weighted by molar-refractivity contribution is -0.122. The van der Waals surface area contributed by atoms with Crippen molar-refractivity contribution >= 4 is 24.0 Å². The fourth-order valence-electron chi connectivity index (χ4n) is 3.90. The third-order valence-corrected chi connectivity index (χ3v) is 6.02. The number of carbonyl (C=O) groups excluding carboxylic acids is 2. The van der Waals surface area contributed by atoms with Crippen molar-refractivity contribution < 1.29 is 14.0 Å². The van der Waals surface area contributed by atoms with Crippen LogP contribution < -0.4 is 10.9 Å². The van der Waals surface area contributed by atoms with Crippen LogP contribution >= 0.6 is 12.2 Å². The first-order valence-corrected chi connectivity index (χ1v) is 11.4. The SMILES string of the molecule is Cc1ccc(-c2n[nH]c(=S)n2CCC(=O)NNC(=O)c2cc(C)n(-c3ccc(F)cc3)c2C)cc1. The van der Waals surface area contributed by atoms with Gasteiger partial charge in [-0.25, -0.2) is 4.39 Å². The van der Waals surface area contributed by atoms with Crippen molar-refractivity contribution in [2.75, 3.05) is 0 Å². The molecule has 10 heteroatoms. The summed E-state index contributed by atoms with van der Waals surface area (Å²) in [6.45, 7) is 5.94. The highest BCUT2D eigenvalue weighted by molar-refractivity contribution is 7.71. The molecule has 2 heterocycles. The van der Waals surface area contributed by atoms with E-state index in [1.54, 1.807) is 29.7 Å². The fourth-order valence-corrected chi connectivity index (χ4v) is 4.12. The van der Waals surface area contributed by atoms with Gasteiger partial charge in [-0.3, -0.25) is 30.1 Å². The Morgan fingerprint density at radius 2 is 1.71 bits per heavy atom. The highest BCUT2D eigenvalue weighted by atomic mass is 32.1. The van der Waals surface area contributed by atoms with Crippen molar-refractivity contribution in [3.05, 3.63) is 87.7 Å². The van der Waals surface area contributed by atoms with Crippen molar-refractivity contribution in [1.82, 2.24) is 30.2 Å². The van der Waals surface area contributed by atoms with Crippen molar-refractivity contribution in [3.63, 3.8) is 0 Å². The number of benzene rings is 2. The molecular formula is C25H25FN6O2S. The minimum atomic E-state index is -0.444. The van der Waals surface area contributed by atoms with Crippen LogP contribution in [0.3, 0.4) is 0 Å². The number of hydrazine groups is 1. The van der Waals surface area contributed by atoms with Gasteiger partial charge in [-0.2, -0.15) is 5.10 Å². The summed E-state index contributed by atoms with van der Waals surface area (Å²) >= 11 is 5.32. The molecule has 0 unspecified atom stereocenters. The molecule has 4 aromatic rings. The number of carbonyl (C=O) groups is 2. The average molecular weight is 493 g/mol. The minimum absolute atomic E-state index is 0.0849. The highest BCUT2D eigenvalue weighted by Crippen LogP contribution is 2.21. The average Bonchev–Trinajstić information content (AvgIpc) is 3.35. The van der Waals surface area contributed by atoms with E-state index in [-0.39, 0.29) is 18.1 Å². The summed E-state index contributed by atoms with van der Waals surface area (Å²) in [6.07, 6.45) is 0.0849. The van der Waals surface area contributed by atoms with Crippen LogP contribution in [0.2, 0.25) is 0 Å². The summed E-state index contributed by atoms with van der Waals surface area (Å²) in [5, 5.41) is 7.05. The molecule has 0 spiro atoms. The molecule has 0 aliphatic rings. The summed E-state index contributed by atoms with van der Waals surface area (Å²) in [7, 11) is 0. The van der Waals surface area contributed by atoms with Crippen LogP contribution in [0.4, 0.5) is 4.39 Å². The first kappa shape index (κ1) is 24.1. The molecule has 0 aliphatic carbocycles. The zero-order valence-corrected chi connectivity index (χ0v) is 20.4. The molecule has 8 nitrogen and oxygen atoms in total. The molecule has 0 bridgehead atoms. The summed E-state index contributed by atoms with van der Waals surface area (Å²) in [6, 6.07) is 15.6. The van der Waals surface area contributed by atoms with Crippen LogP contribution in [-0.2, 0) is 11.3 Å².